The number of nitrogens with one attached hydrogen (secondary N) is 1. The van der Waals surface area contributed by atoms with Crippen molar-refractivity contribution in [3.05, 3.63) is 59.7 Å². The molecule has 1 aliphatic rings. The Balaban J connectivity index is 1.78. The summed E-state index contributed by atoms with van der Waals surface area (Å²) >= 11 is 0. The van der Waals surface area contributed by atoms with E-state index in [0.717, 1.165) is 24.8 Å². The molecule has 1 atom stereocenters. The van der Waals surface area contributed by atoms with Gasteiger partial charge in [0.05, 0.1) is 18.0 Å². The quantitative estimate of drug-likeness (QED) is 0.804. The van der Waals surface area contributed by atoms with Gasteiger partial charge in [-0.1, -0.05) is 30.7 Å². The van der Waals surface area contributed by atoms with Gasteiger partial charge in [0.1, 0.15) is 5.75 Å². The van der Waals surface area contributed by atoms with Crippen molar-refractivity contribution in [2.75, 3.05) is 20.2 Å². The summed E-state index contributed by atoms with van der Waals surface area (Å²) < 4.78 is 32.6. The summed E-state index contributed by atoms with van der Waals surface area (Å²) in [5.41, 5.74) is 1.18. The van der Waals surface area contributed by atoms with Gasteiger partial charge in [-0.25, -0.2) is 8.42 Å². The van der Waals surface area contributed by atoms with Crippen LogP contribution >= 0.6 is 0 Å². The van der Waals surface area contributed by atoms with Gasteiger partial charge >= 0.3 is 0 Å². The van der Waals surface area contributed by atoms with Crippen LogP contribution in [0.15, 0.2) is 53.4 Å². The molecule has 0 aliphatic carbocycles. The molecule has 0 spiro atoms. The van der Waals surface area contributed by atoms with Crippen molar-refractivity contribution >= 4 is 15.9 Å². The molecule has 0 radical (unpaired) electrons. The van der Waals surface area contributed by atoms with Crippen LogP contribution in [-0.2, 0) is 10.0 Å². The molecule has 0 unspecified atom stereocenters. The third-order valence-corrected chi connectivity index (χ3v) is 6.90. The van der Waals surface area contributed by atoms with E-state index in [0.29, 0.717) is 24.4 Å². The fourth-order valence-corrected chi connectivity index (χ4v) is 5.00. The van der Waals surface area contributed by atoms with Crippen LogP contribution in [0.2, 0.25) is 0 Å². The summed E-state index contributed by atoms with van der Waals surface area (Å²) in [6, 6.07) is 13.4. The van der Waals surface area contributed by atoms with Crippen molar-refractivity contribution in [1.29, 1.82) is 0 Å². The second kappa shape index (κ2) is 8.75. The first-order valence-electron chi connectivity index (χ1n) is 9.47. The molecule has 6 nitrogen and oxygen atoms in total. The SMILES string of the molecule is COc1ccccc1[C@H](C)NC(=O)c1cccc(S(=O)(=O)N2CCCCC2)c1. The highest BCUT2D eigenvalue weighted by molar-refractivity contribution is 7.89. The zero-order chi connectivity index (χ0) is 20.1. The predicted octanol–water partition coefficient (Wildman–Crippen LogP) is 3.36. The van der Waals surface area contributed by atoms with Gasteiger partial charge < -0.3 is 10.1 Å². The average Bonchev–Trinajstić information content (AvgIpc) is 2.74. The maximum atomic E-state index is 12.9. The summed E-state index contributed by atoms with van der Waals surface area (Å²) in [6.07, 6.45) is 2.79. The number of rotatable bonds is 6. The zero-order valence-electron chi connectivity index (χ0n) is 16.2. The number of hydrogen-bond donors (Lipinski definition) is 1. The van der Waals surface area contributed by atoms with Gasteiger partial charge in [-0.2, -0.15) is 4.31 Å². The Bertz CT molecular complexity index is 937. The highest BCUT2D eigenvalue weighted by atomic mass is 32.2. The van der Waals surface area contributed by atoms with Crippen molar-refractivity contribution in [1.82, 2.24) is 9.62 Å². The Morgan fingerprint density at radius 1 is 1.07 bits per heavy atom. The van der Waals surface area contributed by atoms with Gasteiger partial charge in [-0.15, -0.1) is 0 Å². The highest BCUT2D eigenvalue weighted by Gasteiger charge is 2.26. The molecule has 150 valence electrons. The Kier molecular flexibility index (Phi) is 6.36. The first-order chi connectivity index (χ1) is 13.4. The van der Waals surface area contributed by atoms with Gasteiger partial charge in [-0.05, 0) is 44.0 Å². The van der Waals surface area contributed by atoms with Crippen LogP contribution in [0, 0.1) is 0 Å². The fourth-order valence-electron chi connectivity index (χ4n) is 3.43. The molecule has 3 rings (SSSR count). The maximum Gasteiger partial charge on any atom is 0.251 e. The average molecular weight is 403 g/mol. The Hall–Kier alpha value is -2.38. The van der Waals surface area contributed by atoms with E-state index in [1.807, 2.05) is 31.2 Å². The third-order valence-electron chi connectivity index (χ3n) is 5.00. The standard InChI is InChI=1S/C21H26N2O4S/c1-16(19-11-4-5-12-20(19)27-2)22-21(24)17-9-8-10-18(15-17)28(25,26)23-13-6-3-7-14-23/h4-5,8-12,15-16H,3,6-7,13-14H2,1-2H3,(H,22,24)/t16-/m0/s1. The Morgan fingerprint density at radius 3 is 2.50 bits per heavy atom. The van der Waals surface area contributed by atoms with E-state index in [1.54, 1.807) is 25.3 Å². The van der Waals surface area contributed by atoms with Gasteiger partial charge in [0.2, 0.25) is 10.0 Å². The first kappa shape index (κ1) is 20.4. The number of piperidine rings is 1. The Labute approximate surface area is 166 Å². The number of para-hydroxylation sites is 1. The summed E-state index contributed by atoms with van der Waals surface area (Å²) in [5.74, 6) is 0.367. The molecule has 2 aromatic rings. The molecule has 1 aliphatic heterocycles. The van der Waals surface area contributed by atoms with Crippen LogP contribution in [0.3, 0.4) is 0 Å². The minimum absolute atomic E-state index is 0.159. The molecule has 1 heterocycles. The Morgan fingerprint density at radius 2 is 1.79 bits per heavy atom. The predicted molar refractivity (Wildman–Crippen MR) is 108 cm³/mol. The number of nitrogens with zero attached hydrogens (tertiary/aromatic N) is 1. The number of sulfonamides is 1. The van der Waals surface area contributed by atoms with E-state index in [2.05, 4.69) is 5.32 Å². The second-order valence-corrected chi connectivity index (χ2v) is 8.87. The lowest BCUT2D eigenvalue weighted by molar-refractivity contribution is 0.0939. The van der Waals surface area contributed by atoms with Crippen molar-refractivity contribution in [2.45, 2.75) is 37.1 Å². The summed E-state index contributed by atoms with van der Waals surface area (Å²) in [6.45, 7) is 2.93. The maximum absolute atomic E-state index is 12.9. The van der Waals surface area contributed by atoms with E-state index in [9.17, 15) is 13.2 Å². The molecule has 0 bridgehead atoms. The minimum atomic E-state index is -3.58. The van der Waals surface area contributed by atoms with Crippen molar-refractivity contribution in [3.8, 4) is 5.75 Å². The molecule has 1 N–H and O–H groups in total. The fraction of sp³-hybridized carbons (Fsp3) is 0.381. The normalized spacial score (nSPS) is 16.4. The number of ether oxygens (including phenoxy) is 1. The number of amides is 1. The monoisotopic (exact) mass is 402 g/mol. The number of carbonyl (C=O) groups is 1. The van der Waals surface area contributed by atoms with E-state index in [-0.39, 0.29) is 16.8 Å². The summed E-state index contributed by atoms with van der Waals surface area (Å²) in [7, 11) is -1.99. The first-order valence-corrected chi connectivity index (χ1v) is 10.9. The second-order valence-electron chi connectivity index (χ2n) is 6.93. The number of methoxy groups -OCH3 is 1. The number of carbonyl (C=O) groups excluding carboxylic acids is 1. The third kappa shape index (κ3) is 4.36. The van der Waals surface area contributed by atoms with Crippen molar-refractivity contribution in [2.24, 2.45) is 0 Å². The van der Waals surface area contributed by atoms with E-state index in [1.165, 1.54) is 10.4 Å². The van der Waals surface area contributed by atoms with Gasteiger partial charge in [-0.3, -0.25) is 4.79 Å². The number of hydrogen-bond acceptors (Lipinski definition) is 4. The molecular formula is C21H26N2O4S. The molecule has 28 heavy (non-hydrogen) atoms. The van der Waals surface area contributed by atoms with Gasteiger partial charge in [0, 0.05) is 24.2 Å². The molecule has 0 saturated carbocycles. The van der Waals surface area contributed by atoms with E-state index in [4.69, 9.17) is 4.74 Å². The van der Waals surface area contributed by atoms with Crippen LogP contribution in [-0.4, -0.2) is 38.8 Å². The topological polar surface area (TPSA) is 75.7 Å². The molecule has 0 aromatic heterocycles. The lowest BCUT2D eigenvalue weighted by atomic mass is 10.1. The molecule has 1 amide bonds. The molecular weight excluding hydrogens is 376 g/mol. The zero-order valence-corrected chi connectivity index (χ0v) is 17.0. The summed E-state index contributed by atoms with van der Waals surface area (Å²) in [5, 5.41) is 2.92. The molecule has 2 aromatic carbocycles. The van der Waals surface area contributed by atoms with Gasteiger partial charge in [0.15, 0.2) is 0 Å². The lowest BCUT2D eigenvalue weighted by Crippen LogP contribution is -2.35. The summed E-state index contributed by atoms with van der Waals surface area (Å²) in [4.78, 5) is 12.9. The van der Waals surface area contributed by atoms with E-state index < -0.39 is 10.0 Å². The number of benzene rings is 2. The van der Waals surface area contributed by atoms with Crippen molar-refractivity contribution in [3.63, 3.8) is 0 Å². The van der Waals surface area contributed by atoms with Crippen LogP contribution in [0.1, 0.15) is 48.1 Å². The highest BCUT2D eigenvalue weighted by Crippen LogP contribution is 2.25. The van der Waals surface area contributed by atoms with Crippen LogP contribution < -0.4 is 10.1 Å². The van der Waals surface area contributed by atoms with Crippen LogP contribution in [0.5, 0.6) is 5.75 Å². The lowest BCUT2D eigenvalue weighted by Gasteiger charge is -2.26. The van der Waals surface area contributed by atoms with Crippen LogP contribution in [0.4, 0.5) is 0 Å². The molecule has 1 fully saturated rings. The van der Waals surface area contributed by atoms with Gasteiger partial charge in [0.25, 0.3) is 5.91 Å². The molecule has 7 heteroatoms. The van der Waals surface area contributed by atoms with Crippen LogP contribution in [0.25, 0.3) is 0 Å². The molecule has 1 saturated heterocycles. The van der Waals surface area contributed by atoms with Crippen molar-refractivity contribution < 1.29 is 17.9 Å². The smallest absolute Gasteiger partial charge is 0.251 e. The van der Waals surface area contributed by atoms with E-state index >= 15 is 0 Å². The largest absolute Gasteiger partial charge is 0.496 e. The minimum Gasteiger partial charge on any atom is -0.496 e.